The third-order valence-corrected chi connectivity index (χ3v) is 5.26. The Kier molecular flexibility index (Phi) is 4.35. The highest BCUT2D eigenvalue weighted by Gasteiger charge is 2.30. The lowest BCUT2D eigenvalue weighted by molar-refractivity contribution is 0.149. The van der Waals surface area contributed by atoms with Crippen molar-refractivity contribution in [2.75, 3.05) is 18.4 Å². The first kappa shape index (κ1) is 17.4. The standard InChI is InChI=1S/C20H21F2N5O/c21-13-2-1-3-14(10-13)25-19-17(22)20(28-15-6-8-23-9-7-15)26-18-16(12-4-5-12)11-24-27(18)19/h1-3,10-12,15,23,25H,4-9H2. The van der Waals surface area contributed by atoms with Gasteiger partial charge in [-0.3, -0.25) is 0 Å². The molecule has 28 heavy (non-hydrogen) atoms. The van der Waals surface area contributed by atoms with Crippen LogP contribution in [0.2, 0.25) is 0 Å². The molecule has 2 aliphatic rings. The number of aromatic nitrogens is 3. The van der Waals surface area contributed by atoms with E-state index in [0.29, 0.717) is 17.3 Å². The Morgan fingerprint density at radius 2 is 1.96 bits per heavy atom. The summed E-state index contributed by atoms with van der Waals surface area (Å²) in [4.78, 5) is 4.48. The van der Waals surface area contributed by atoms with Crippen LogP contribution >= 0.6 is 0 Å². The van der Waals surface area contributed by atoms with Crippen LogP contribution in [0.1, 0.15) is 37.2 Å². The maximum atomic E-state index is 15.3. The molecular weight excluding hydrogens is 364 g/mol. The third-order valence-electron chi connectivity index (χ3n) is 5.26. The normalized spacial score (nSPS) is 17.8. The molecule has 0 atom stereocenters. The summed E-state index contributed by atoms with van der Waals surface area (Å²) in [6.07, 6.45) is 5.42. The van der Waals surface area contributed by atoms with Crippen molar-refractivity contribution in [2.45, 2.75) is 37.7 Å². The smallest absolute Gasteiger partial charge is 0.256 e. The van der Waals surface area contributed by atoms with Gasteiger partial charge in [0.2, 0.25) is 5.82 Å². The fraction of sp³-hybridized carbons (Fsp3) is 0.400. The van der Waals surface area contributed by atoms with Crippen molar-refractivity contribution < 1.29 is 13.5 Å². The highest BCUT2D eigenvalue weighted by molar-refractivity contribution is 5.64. The molecule has 0 bridgehead atoms. The van der Waals surface area contributed by atoms with Crippen molar-refractivity contribution in [1.82, 2.24) is 19.9 Å². The number of hydrogen-bond donors (Lipinski definition) is 2. The Hall–Kier alpha value is -2.74. The molecule has 0 amide bonds. The van der Waals surface area contributed by atoms with Crippen molar-refractivity contribution in [3.8, 4) is 5.88 Å². The predicted octanol–water partition coefficient (Wildman–Crippen LogP) is 3.76. The minimum atomic E-state index is -0.624. The molecule has 3 aromatic rings. The molecule has 2 N–H and O–H groups in total. The van der Waals surface area contributed by atoms with Gasteiger partial charge in [-0.15, -0.1) is 0 Å². The summed E-state index contributed by atoms with van der Waals surface area (Å²) in [5, 5.41) is 10.6. The zero-order chi connectivity index (χ0) is 19.1. The topological polar surface area (TPSA) is 63.5 Å². The number of rotatable bonds is 5. The maximum Gasteiger partial charge on any atom is 0.256 e. The van der Waals surface area contributed by atoms with Crippen LogP contribution < -0.4 is 15.4 Å². The van der Waals surface area contributed by atoms with E-state index in [2.05, 4.69) is 20.7 Å². The summed E-state index contributed by atoms with van der Waals surface area (Å²) in [6, 6.07) is 5.89. The lowest BCUT2D eigenvalue weighted by Gasteiger charge is -2.24. The van der Waals surface area contributed by atoms with Gasteiger partial charge in [0.15, 0.2) is 11.5 Å². The average molecular weight is 385 g/mol. The SMILES string of the molecule is Fc1cccc(Nc2c(F)c(OC3CCNCC3)nc3c(C4CC4)cnn23)c1. The number of nitrogens with zero attached hydrogens (tertiary/aromatic N) is 3. The fourth-order valence-corrected chi connectivity index (χ4v) is 3.61. The second-order valence-electron chi connectivity index (χ2n) is 7.39. The van der Waals surface area contributed by atoms with Crippen molar-refractivity contribution in [3.05, 3.63) is 47.7 Å². The molecule has 0 unspecified atom stereocenters. The summed E-state index contributed by atoms with van der Waals surface area (Å²) < 4.78 is 36.3. The van der Waals surface area contributed by atoms with Gasteiger partial charge in [-0.05, 0) is 62.9 Å². The molecule has 3 heterocycles. The number of ether oxygens (including phenoxy) is 1. The highest BCUT2D eigenvalue weighted by atomic mass is 19.1. The summed E-state index contributed by atoms with van der Waals surface area (Å²) in [5.41, 5.74) is 2.02. The van der Waals surface area contributed by atoms with Crippen LogP contribution in [0.4, 0.5) is 20.3 Å². The van der Waals surface area contributed by atoms with Crippen LogP contribution in [0, 0.1) is 11.6 Å². The molecule has 2 aromatic heterocycles. The summed E-state index contributed by atoms with van der Waals surface area (Å²) in [5.74, 6) is -0.543. The van der Waals surface area contributed by atoms with Gasteiger partial charge in [0, 0.05) is 11.3 Å². The molecule has 6 nitrogen and oxygen atoms in total. The molecule has 8 heteroatoms. The van der Waals surface area contributed by atoms with Gasteiger partial charge in [0.05, 0.1) is 6.20 Å². The van der Waals surface area contributed by atoms with E-state index in [1.165, 1.54) is 16.6 Å². The van der Waals surface area contributed by atoms with Crippen molar-refractivity contribution >= 4 is 17.2 Å². The second kappa shape index (κ2) is 7.01. The Labute approximate surface area is 160 Å². The number of halogens is 2. The Bertz CT molecular complexity index is 1010. The molecule has 1 aliphatic carbocycles. The zero-order valence-electron chi connectivity index (χ0n) is 15.3. The summed E-state index contributed by atoms with van der Waals surface area (Å²) in [7, 11) is 0. The Balaban J connectivity index is 1.58. The molecule has 1 aliphatic heterocycles. The number of hydrogen-bond acceptors (Lipinski definition) is 5. The molecular formula is C20H21F2N5O. The van der Waals surface area contributed by atoms with E-state index in [-0.39, 0.29) is 17.8 Å². The van der Waals surface area contributed by atoms with E-state index in [9.17, 15) is 4.39 Å². The molecule has 1 saturated heterocycles. The predicted molar refractivity (Wildman–Crippen MR) is 101 cm³/mol. The van der Waals surface area contributed by atoms with E-state index >= 15 is 4.39 Å². The van der Waals surface area contributed by atoms with Gasteiger partial charge in [0.25, 0.3) is 5.88 Å². The number of piperidine rings is 1. The quantitative estimate of drug-likeness (QED) is 0.700. The first-order chi connectivity index (χ1) is 13.7. The number of anilines is 2. The molecule has 1 aromatic carbocycles. The minimum Gasteiger partial charge on any atom is -0.472 e. The van der Waals surface area contributed by atoms with Gasteiger partial charge in [-0.25, -0.2) is 4.39 Å². The van der Waals surface area contributed by atoms with Crippen LogP contribution in [0.3, 0.4) is 0 Å². The van der Waals surface area contributed by atoms with Crippen LogP contribution in [-0.4, -0.2) is 33.8 Å². The molecule has 2 fully saturated rings. The Morgan fingerprint density at radius 3 is 2.71 bits per heavy atom. The van der Waals surface area contributed by atoms with Crippen molar-refractivity contribution in [2.24, 2.45) is 0 Å². The largest absolute Gasteiger partial charge is 0.472 e. The van der Waals surface area contributed by atoms with Gasteiger partial charge >= 0.3 is 0 Å². The molecule has 0 radical (unpaired) electrons. The number of fused-ring (bicyclic) bond motifs is 1. The highest BCUT2D eigenvalue weighted by Crippen LogP contribution is 2.42. The fourth-order valence-electron chi connectivity index (χ4n) is 3.61. The lowest BCUT2D eigenvalue weighted by Crippen LogP contribution is -2.34. The van der Waals surface area contributed by atoms with Gasteiger partial charge in [-0.1, -0.05) is 6.07 Å². The number of nitrogens with one attached hydrogen (secondary N) is 2. The third kappa shape index (κ3) is 3.28. The monoisotopic (exact) mass is 385 g/mol. The van der Waals surface area contributed by atoms with E-state index in [1.54, 1.807) is 18.3 Å². The molecule has 1 saturated carbocycles. The van der Waals surface area contributed by atoms with Crippen LogP contribution in [0.5, 0.6) is 5.88 Å². The molecule has 146 valence electrons. The second-order valence-corrected chi connectivity index (χ2v) is 7.39. The first-order valence-corrected chi connectivity index (χ1v) is 9.66. The summed E-state index contributed by atoms with van der Waals surface area (Å²) in [6.45, 7) is 1.67. The van der Waals surface area contributed by atoms with E-state index < -0.39 is 11.6 Å². The van der Waals surface area contributed by atoms with Crippen molar-refractivity contribution in [3.63, 3.8) is 0 Å². The van der Waals surface area contributed by atoms with E-state index in [0.717, 1.165) is 44.3 Å². The van der Waals surface area contributed by atoms with Crippen molar-refractivity contribution in [1.29, 1.82) is 0 Å². The van der Waals surface area contributed by atoms with Crippen LogP contribution in [0.25, 0.3) is 5.65 Å². The van der Waals surface area contributed by atoms with Crippen LogP contribution in [0.15, 0.2) is 30.5 Å². The maximum absolute atomic E-state index is 15.3. The van der Waals surface area contributed by atoms with E-state index in [1.807, 2.05) is 0 Å². The lowest BCUT2D eigenvalue weighted by atomic mass is 10.1. The summed E-state index contributed by atoms with van der Waals surface area (Å²) >= 11 is 0. The van der Waals surface area contributed by atoms with Gasteiger partial charge < -0.3 is 15.4 Å². The van der Waals surface area contributed by atoms with Gasteiger partial charge in [0.1, 0.15) is 11.9 Å². The number of benzene rings is 1. The Morgan fingerprint density at radius 1 is 1.14 bits per heavy atom. The van der Waals surface area contributed by atoms with Gasteiger partial charge in [-0.2, -0.15) is 19.0 Å². The minimum absolute atomic E-state index is 0.0271. The molecule has 5 rings (SSSR count). The van der Waals surface area contributed by atoms with Crippen LogP contribution in [-0.2, 0) is 0 Å². The zero-order valence-corrected chi connectivity index (χ0v) is 15.3. The molecule has 0 spiro atoms. The average Bonchev–Trinajstić information content (AvgIpc) is 3.46. The first-order valence-electron chi connectivity index (χ1n) is 9.66. The van der Waals surface area contributed by atoms with E-state index in [4.69, 9.17) is 4.74 Å².